The number of esters is 1. The van der Waals surface area contributed by atoms with Gasteiger partial charge in [-0.05, 0) is 37.8 Å². The number of hydrogen-bond acceptors (Lipinski definition) is 7. The molecule has 1 aromatic heterocycles. The Morgan fingerprint density at radius 3 is 2.22 bits per heavy atom. The van der Waals surface area contributed by atoms with Crippen LogP contribution in [0.15, 0.2) is 12.1 Å². The molecule has 7 heteroatoms. The number of piperidine rings is 1. The van der Waals surface area contributed by atoms with Crippen molar-refractivity contribution in [1.82, 2.24) is 10.2 Å². The van der Waals surface area contributed by atoms with Gasteiger partial charge in [0.2, 0.25) is 0 Å². The molecule has 0 bridgehead atoms. The lowest BCUT2D eigenvalue weighted by Crippen LogP contribution is -2.40. The number of unbranched alkanes of at least 4 members (excludes halogenated alkanes) is 2. The topological polar surface area (TPSA) is 73.8 Å². The summed E-state index contributed by atoms with van der Waals surface area (Å²) in [5.41, 5.74) is 0.227. The average Bonchev–Trinajstić information content (AvgIpc) is 2.72. The molecule has 7 nitrogen and oxygen atoms in total. The van der Waals surface area contributed by atoms with Crippen LogP contribution >= 0.6 is 0 Å². The zero-order chi connectivity index (χ0) is 19.5. The van der Waals surface area contributed by atoms with Gasteiger partial charge in [0.15, 0.2) is 17.8 Å². The average molecular weight is 380 g/mol. The second kappa shape index (κ2) is 11.9. The Kier molecular flexibility index (Phi) is 9.48. The molecule has 0 amide bonds. The molecule has 2 heterocycles. The lowest BCUT2D eigenvalue weighted by Gasteiger charge is -2.36. The first-order chi connectivity index (χ1) is 13.2. The van der Waals surface area contributed by atoms with Gasteiger partial charge in [0, 0.05) is 32.2 Å². The van der Waals surface area contributed by atoms with E-state index in [0.29, 0.717) is 5.92 Å². The van der Waals surface area contributed by atoms with Crippen LogP contribution in [0.4, 0.5) is 5.82 Å². The molecule has 0 N–H and O–H groups in total. The third kappa shape index (κ3) is 6.74. The van der Waals surface area contributed by atoms with Crippen molar-refractivity contribution in [2.75, 3.05) is 38.3 Å². The Balaban J connectivity index is 1.87. The first-order valence-electron chi connectivity index (χ1n) is 10.1. The van der Waals surface area contributed by atoms with E-state index in [4.69, 9.17) is 9.47 Å². The zero-order valence-electron chi connectivity index (χ0n) is 16.9. The lowest BCUT2D eigenvalue weighted by molar-refractivity contribution is -0.177. The molecule has 152 valence electrons. The van der Waals surface area contributed by atoms with Crippen molar-refractivity contribution < 1.29 is 19.0 Å². The fourth-order valence-corrected chi connectivity index (χ4v) is 3.12. The molecule has 0 saturated carbocycles. The minimum absolute atomic E-state index is 0.113. The van der Waals surface area contributed by atoms with E-state index in [9.17, 15) is 4.79 Å². The summed E-state index contributed by atoms with van der Waals surface area (Å²) in [4.78, 5) is 13.7. The largest absolute Gasteiger partial charge is 0.464 e. The molecular weight excluding hydrogens is 346 g/mol. The van der Waals surface area contributed by atoms with E-state index in [1.165, 1.54) is 7.11 Å². The molecule has 27 heavy (non-hydrogen) atoms. The summed E-state index contributed by atoms with van der Waals surface area (Å²) >= 11 is 0. The minimum atomic E-state index is -0.468. The summed E-state index contributed by atoms with van der Waals surface area (Å²) < 4.78 is 16.7. The van der Waals surface area contributed by atoms with Crippen molar-refractivity contribution in [3.63, 3.8) is 0 Å². The second-order valence-corrected chi connectivity index (χ2v) is 6.91. The standard InChI is InChI=1S/C20H33N3O4/c1-4-6-14-26-20(27-15-7-5-2)16-10-12-23(13-11-16)18-9-8-17(21-22-18)19(24)25-3/h8-9,16,20H,4-7,10-15H2,1-3H3. The molecule has 0 aliphatic carbocycles. The molecular formula is C20H33N3O4. The number of hydrogen-bond donors (Lipinski definition) is 0. The van der Waals surface area contributed by atoms with Gasteiger partial charge in [-0.25, -0.2) is 4.79 Å². The first-order valence-corrected chi connectivity index (χ1v) is 10.1. The quantitative estimate of drug-likeness (QED) is 0.331. The molecule has 0 unspecified atom stereocenters. The first kappa shape index (κ1) is 21.6. The van der Waals surface area contributed by atoms with Crippen LogP contribution in [0.25, 0.3) is 0 Å². The highest BCUT2D eigenvalue weighted by Crippen LogP contribution is 2.26. The number of anilines is 1. The summed E-state index contributed by atoms with van der Waals surface area (Å²) in [5.74, 6) is 0.720. The maximum absolute atomic E-state index is 11.5. The Morgan fingerprint density at radius 1 is 1.11 bits per heavy atom. The molecule has 0 radical (unpaired) electrons. The zero-order valence-corrected chi connectivity index (χ0v) is 16.9. The molecule has 1 aromatic rings. The van der Waals surface area contributed by atoms with Crippen LogP contribution in [-0.2, 0) is 14.2 Å². The minimum Gasteiger partial charge on any atom is -0.464 e. The predicted molar refractivity (Wildman–Crippen MR) is 104 cm³/mol. The van der Waals surface area contributed by atoms with Gasteiger partial charge < -0.3 is 19.1 Å². The van der Waals surface area contributed by atoms with Crippen molar-refractivity contribution in [2.24, 2.45) is 5.92 Å². The van der Waals surface area contributed by atoms with Crippen molar-refractivity contribution in [1.29, 1.82) is 0 Å². The molecule has 0 atom stereocenters. The third-order valence-corrected chi connectivity index (χ3v) is 4.85. The van der Waals surface area contributed by atoms with Crippen LogP contribution < -0.4 is 4.90 Å². The Hall–Kier alpha value is -1.73. The fraction of sp³-hybridized carbons (Fsp3) is 0.750. The van der Waals surface area contributed by atoms with Gasteiger partial charge in [-0.3, -0.25) is 0 Å². The van der Waals surface area contributed by atoms with E-state index in [1.54, 1.807) is 6.07 Å². The Morgan fingerprint density at radius 2 is 1.74 bits per heavy atom. The smallest absolute Gasteiger partial charge is 0.358 e. The van der Waals surface area contributed by atoms with Gasteiger partial charge in [-0.15, -0.1) is 10.2 Å². The number of carbonyl (C=O) groups excluding carboxylic acids is 1. The van der Waals surface area contributed by atoms with Gasteiger partial charge in [0.05, 0.1) is 7.11 Å². The normalized spacial score (nSPS) is 15.3. The van der Waals surface area contributed by atoms with Crippen molar-refractivity contribution in [3.8, 4) is 0 Å². The van der Waals surface area contributed by atoms with Gasteiger partial charge in [0.25, 0.3) is 0 Å². The summed E-state index contributed by atoms with van der Waals surface area (Å²) in [6.45, 7) is 7.61. The van der Waals surface area contributed by atoms with E-state index in [2.05, 4.69) is 33.7 Å². The van der Waals surface area contributed by atoms with E-state index < -0.39 is 5.97 Å². The second-order valence-electron chi connectivity index (χ2n) is 6.91. The van der Waals surface area contributed by atoms with E-state index >= 15 is 0 Å². The van der Waals surface area contributed by atoms with Crippen LogP contribution in [0.1, 0.15) is 62.9 Å². The summed E-state index contributed by atoms with van der Waals surface area (Å²) in [6, 6.07) is 3.48. The molecule has 1 saturated heterocycles. The molecule has 1 fully saturated rings. The highest BCUT2D eigenvalue weighted by atomic mass is 16.7. The molecule has 1 aliphatic rings. The number of methoxy groups -OCH3 is 1. The summed E-state index contributed by atoms with van der Waals surface area (Å²) in [6.07, 6.45) is 6.24. The molecule has 2 rings (SSSR count). The van der Waals surface area contributed by atoms with Crippen LogP contribution in [0.3, 0.4) is 0 Å². The lowest BCUT2D eigenvalue weighted by atomic mass is 9.96. The van der Waals surface area contributed by atoms with Crippen LogP contribution in [0.2, 0.25) is 0 Å². The van der Waals surface area contributed by atoms with E-state index in [1.807, 2.05) is 6.07 Å². The molecule has 0 aromatic carbocycles. The summed E-state index contributed by atoms with van der Waals surface area (Å²) in [5, 5.41) is 8.14. The van der Waals surface area contributed by atoms with E-state index in [0.717, 1.165) is 70.6 Å². The third-order valence-electron chi connectivity index (χ3n) is 4.85. The Bertz CT molecular complexity index is 535. The highest BCUT2D eigenvalue weighted by Gasteiger charge is 2.28. The van der Waals surface area contributed by atoms with Gasteiger partial charge in [0.1, 0.15) is 0 Å². The molecule has 0 spiro atoms. The molecule has 1 aliphatic heterocycles. The number of aromatic nitrogens is 2. The number of rotatable bonds is 11. The highest BCUT2D eigenvalue weighted by molar-refractivity contribution is 5.86. The number of ether oxygens (including phenoxy) is 3. The van der Waals surface area contributed by atoms with Crippen LogP contribution in [-0.4, -0.2) is 55.9 Å². The number of carbonyl (C=O) groups is 1. The van der Waals surface area contributed by atoms with Gasteiger partial charge >= 0.3 is 5.97 Å². The maximum atomic E-state index is 11.5. The Labute approximate surface area is 162 Å². The van der Waals surface area contributed by atoms with Gasteiger partial charge in [-0.1, -0.05) is 26.7 Å². The monoisotopic (exact) mass is 379 g/mol. The SMILES string of the molecule is CCCCOC(OCCCC)C1CCN(c2ccc(C(=O)OC)nn2)CC1. The maximum Gasteiger partial charge on any atom is 0.358 e. The van der Waals surface area contributed by atoms with Crippen molar-refractivity contribution in [3.05, 3.63) is 17.8 Å². The van der Waals surface area contributed by atoms with Gasteiger partial charge in [-0.2, -0.15) is 0 Å². The fourth-order valence-electron chi connectivity index (χ4n) is 3.12. The van der Waals surface area contributed by atoms with Crippen molar-refractivity contribution in [2.45, 2.75) is 58.7 Å². The predicted octanol–water partition coefficient (Wildman–Crippen LogP) is 3.44. The van der Waals surface area contributed by atoms with Crippen molar-refractivity contribution >= 4 is 11.8 Å². The van der Waals surface area contributed by atoms with Crippen LogP contribution in [0, 0.1) is 5.92 Å². The van der Waals surface area contributed by atoms with Crippen LogP contribution in [0.5, 0.6) is 0 Å². The van der Waals surface area contributed by atoms with E-state index in [-0.39, 0.29) is 12.0 Å². The number of nitrogens with zero attached hydrogens (tertiary/aromatic N) is 3. The summed E-state index contributed by atoms with van der Waals surface area (Å²) in [7, 11) is 1.34.